The molecule has 0 saturated heterocycles. The van der Waals surface area contributed by atoms with E-state index in [1.165, 1.54) is 0 Å². The summed E-state index contributed by atoms with van der Waals surface area (Å²) in [7, 11) is 0. The molecule has 72 valence electrons. The van der Waals surface area contributed by atoms with Gasteiger partial charge >= 0.3 is 0 Å². The molecule has 0 aliphatic carbocycles. The lowest BCUT2D eigenvalue weighted by molar-refractivity contribution is 0.746. The predicted octanol–water partition coefficient (Wildman–Crippen LogP) is 1.60. The molecule has 2 rings (SSSR count). The summed E-state index contributed by atoms with van der Waals surface area (Å²) in [6.45, 7) is 0. The molecule has 0 spiro atoms. The fourth-order valence-corrected chi connectivity index (χ4v) is 1.53. The van der Waals surface area contributed by atoms with Gasteiger partial charge in [0.15, 0.2) is 0 Å². The molecular weight excluding hydrogens is 244 g/mol. The molecule has 0 radical (unpaired) electrons. The van der Waals surface area contributed by atoms with Crippen LogP contribution in [-0.2, 0) is 6.42 Å². The number of hydrogen-bond donors (Lipinski definition) is 0. The molecule has 0 aromatic carbocycles. The number of alkyl halides is 1. The summed E-state index contributed by atoms with van der Waals surface area (Å²) in [5.41, 5.74) is 1.95. The highest BCUT2D eigenvalue weighted by Gasteiger charge is 1.98. The number of pyridine rings is 1. The Morgan fingerprint density at radius 3 is 2.57 bits per heavy atom. The van der Waals surface area contributed by atoms with Crippen LogP contribution in [0.3, 0.4) is 0 Å². The van der Waals surface area contributed by atoms with Gasteiger partial charge in [-0.05, 0) is 18.6 Å². The lowest BCUT2D eigenvalue weighted by Crippen LogP contribution is -2.00. The Bertz CT molecular complexity index is 382. The number of hydrogen-bond acceptors (Lipinski definition) is 3. The Morgan fingerprint density at radius 2 is 2.00 bits per heavy atom. The maximum atomic E-state index is 4.29. The maximum absolute atomic E-state index is 4.29. The van der Waals surface area contributed by atoms with E-state index in [9.17, 15) is 0 Å². The molecule has 0 N–H and O–H groups in total. The van der Waals surface area contributed by atoms with Crippen LogP contribution >= 0.6 is 15.9 Å². The SMILES string of the molecule is BrCCc1ccc(-n2nccn2)cn1. The second-order valence-corrected chi connectivity index (χ2v) is 3.56. The largest absolute Gasteiger partial charge is 0.259 e. The van der Waals surface area contributed by atoms with Crippen molar-refractivity contribution in [1.29, 1.82) is 0 Å². The predicted molar refractivity (Wildman–Crippen MR) is 56.7 cm³/mol. The van der Waals surface area contributed by atoms with E-state index >= 15 is 0 Å². The van der Waals surface area contributed by atoms with Gasteiger partial charge in [-0.2, -0.15) is 15.0 Å². The van der Waals surface area contributed by atoms with Crippen LogP contribution in [0.25, 0.3) is 5.69 Å². The molecule has 2 aromatic rings. The summed E-state index contributed by atoms with van der Waals surface area (Å²) < 4.78 is 0. The van der Waals surface area contributed by atoms with Gasteiger partial charge < -0.3 is 0 Å². The highest BCUT2D eigenvalue weighted by atomic mass is 79.9. The smallest absolute Gasteiger partial charge is 0.104 e. The highest BCUT2D eigenvalue weighted by molar-refractivity contribution is 9.09. The molecule has 4 nitrogen and oxygen atoms in total. The van der Waals surface area contributed by atoms with Gasteiger partial charge in [-0.15, -0.1) is 0 Å². The first-order valence-corrected chi connectivity index (χ1v) is 5.40. The second-order valence-electron chi connectivity index (χ2n) is 2.77. The lowest BCUT2D eigenvalue weighted by atomic mass is 10.3. The van der Waals surface area contributed by atoms with Gasteiger partial charge in [0.05, 0.1) is 18.6 Å². The number of nitrogens with zero attached hydrogens (tertiary/aromatic N) is 4. The van der Waals surface area contributed by atoms with E-state index in [1.54, 1.807) is 23.4 Å². The van der Waals surface area contributed by atoms with Crippen molar-refractivity contribution >= 4 is 15.9 Å². The van der Waals surface area contributed by atoms with Gasteiger partial charge in [-0.1, -0.05) is 15.9 Å². The molecule has 0 aliphatic rings. The molecule has 14 heavy (non-hydrogen) atoms. The van der Waals surface area contributed by atoms with Gasteiger partial charge in [0.2, 0.25) is 0 Å². The van der Waals surface area contributed by atoms with Crippen molar-refractivity contribution in [1.82, 2.24) is 20.0 Å². The molecule has 0 bridgehead atoms. The maximum Gasteiger partial charge on any atom is 0.104 e. The third kappa shape index (κ3) is 1.98. The molecule has 0 atom stereocenters. The average molecular weight is 253 g/mol. The zero-order chi connectivity index (χ0) is 9.80. The fourth-order valence-electron chi connectivity index (χ4n) is 1.13. The Labute approximate surface area is 90.1 Å². The Hall–Kier alpha value is -1.23. The number of aryl methyl sites for hydroxylation is 1. The average Bonchev–Trinajstić information content (AvgIpc) is 2.72. The number of rotatable bonds is 3. The summed E-state index contributed by atoms with van der Waals surface area (Å²) in [4.78, 5) is 5.84. The van der Waals surface area contributed by atoms with Gasteiger partial charge in [0.1, 0.15) is 5.69 Å². The first-order chi connectivity index (χ1) is 6.90. The lowest BCUT2D eigenvalue weighted by Gasteiger charge is -2.00. The summed E-state index contributed by atoms with van der Waals surface area (Å²) in [5, 5.41) is 8.97. The summed E-state index contributed by atoms with van der Waals surface area (Å²) >= 11 is 3.37. The minimum atomic E-state index is 0.883. The summed E-state index contributed by atoms with van der Waals surface area (Å²) in [6.07, 6.45) is 6.00. The minimum absolute atomic E-state index is 0.883. The fraction of sp³-hybridized carbons (Fsp3) is 0.222. The molecule has 2 heterocycles. The van der Waals surface area contributed by atoms with Gasteiger partial charge in [0.25, 0.3) is 0 Å². The van der Waals surface area contributed by atoms with Crippen LogP contribution in [-0.4, -0.2) is 25.3 Å². The zero-order valence-electron chi connectivity index (χ0n) is 7.47. The Balaban J connectivity index is 2.22. The molecule has 2 aromatic heterocycles. The first-order valence-electron chi connectivity index (χ1n) is 4.28. The van der Waals surface area contributed by atoms with Crippen LogP contribution < -0.4 is 0 Å². The summed E-state index contributed by atoms with van der Waals surface area (Å²) in [5.74, 6) is 0. The van der Waals surface area contributed by atoms with Crippen molar-refractivity contribution < 1.29 is 0 Å². The summed E-state index contributed by atoms with van der Waals surface area (Å²) in [6, 6.07) is 3.95. The molecule has 0 amide bonds. The second kappa shape index (κ2) is 4.32. The highest BCUT2D eigenvalue weighted by Crippen LogP contribution is 2.04. The van der Waals surface area contributed by atoms with E-state index in [0.717, 1.165) is 23.1 Å². The van der Waals surface area contributed by atoms with Crippen molar-refractivity contribution in [2.45, 2.75) is 6.42 Å². The minimum Gasteiger partial charge on any atom is -0.259 e. The van der Waals surface area contributed by atoms with Crippen molar-refractivity contribution in [3.63, 3.8) is 0 Å². The van der Waals surface area contributed by atoms with Crippen molar-refractivity contribution in [2.24, 2.45) is 0 Å². The van der Waals surface area contributed by atoms with Crippen LogP contribution in [0.5, 0.6) is 0 Å². The van der Waals surface area contributed by atoms with Crippen LogP contribution in [0.15, 0.2) is 30.7 Å². The van der Waals surface area contributed by atoms with Crippen LogP contribution in [0.1, 0.15) is 5.69 Å². The van der Waals surface area contributed by atoms with E-state index in [4.69, 9.17) is 0 Å². The van der Waals surface area contributed by atoms with E-state index < -0.39 is 0 Å². The van der Waals surface area contributed by atoms with E-state index in [-0.39, 0.29) is 0 Å². The molecule has 0 aliphatic heterocycles. The topological polar surface area (TPSA) is 43.6 Å². The van der Waals surface area contributed by atoms with E-state index in [0.29, 0.717) is 0 Å². The van der Waals surface area contributed by atoms with Gasteiger partial charge in [0, 0.05) is 11.0 Å². The molecule has 0 fully saturated rings. The van der Waals surface area contributed by atoms with E-state index in [2.05, 4.69) is 31.1 Å². The van der Waals surface area contributed by atoms with Crippen LogP contribution in [0, 0.1) is 0 Å². The first kappa shape index (κ1) is 9.33. The van der Waals surface area contributed by atoms with Crippen molar-refractivity contribution in [3.8, 4) is 5.69 Å². The Morgan fingerprint density at radius 1 is 1.21 bits per heavy atom. The van der Waals surface area contributed by atoms with Crippen LogP contribution in [0.2, 0.25) is 0 Å². The third-order valence-electron chi connectivity index (χ3n) is 1.81. The van der Waals surface area contributed by atoms with Crippen molar-refractivity contribution in [2.75, 3.05) is 5.33 Å². The zero-order valence-corrected chi connectivity index (χ0v) is 9.05. The number of halogens is 1. The van der Waals surface area contributed by atoms with E-state index in [1.807, 2.05) is 12.1 Å². The normalized spacial score (nSPS) is 10.4. The molecule has 5 heteroatoms. The van der Waals surface area contributed by atoms with Crippen LogP contribution in [0.4, 0.5) is 0 Å². The molecule has 0 unspecified atom stereocenters. The van der Waals surface area contributed by atoms with Gasteiger partial charge in [-0.25, -0.2) is 0 Å². The molecular formula is C9H9BrN4. The van der Waals surface area contributed by atoms with Crippen molar-refractivity contribution in [3.05, 3.63) is 36.4 Å². The van der Waals surface area contributed by atoms with Gasteiger partial charge in [-0.3, -0.25) is 4.98 Å². The Kier molecular flexibility index (Phi) is 2.88. The third-order valence-corrected chi connectivity index (χ3v) is 2.21. The number of aromatic nitrogens is 4. The monoisotopic (exact) mass is 252 g/mol. The standard InChI is InChI=1S/C9H9BrN4/c10-4-3-8-1-2-9(7-11-8)14-12-5-6-13-14/h1-2,5-7H,3-4H2. The molecule has 0 saturated carbocycles. The quantitative estimate of drug-likeness (QED) is 0.780.